The molecule has 1 heterocycles. The first-order valence-corrected chi connectivity index (χ1v) is 9.63. The molecule has 1 fully saturated rings. The minimum atomic E-state index is -5.48. The van der Waals surface area contributed by atoms with E-state index in [0.717, 1.165) is 0 Å². The molecule has 0 aromatic heterocycles. The molecular formula is C14H19BClF3N2O3S. The van der Waals surface area contributed by atoms with E-state index >= 15 is 0 Å². The Kier molecular flexibility index (Phi) is 6.42. The van der Waals surface area contributed by atoms with Gasteiger partial charge in [0.2, 0.25) is 0 Å². The molecule has 2 N–H and O–H groups in total. The standard InChI is InChI=1S/C14H19BClF3N2O3S/c1-15(22)21-8-6-11(7-9-21)13(10-2-4-12(16)5-3-10)20-25(23,24)14(17,18)19/h2-5,11,13,20,22H,6-9H2,1H3. The molecule has 0 saturated carbocycles. The average molecular weight is 399 g/mol. The number of alkyl halides is 3. The summed E-state index contributed by atoms with van der Waals surface area (Å²) in [7, 11) is -6.13. The number of halogens is 4. The Hall–Kier alpha value is -0.805. The molecule has 140 valence electrons. The van der Waals surface area contributed by atoms with Gasteiger partial charge < -0.3 is 9.83 Å². The third-order valence-electron chi connectivity index (χ3n) is 4.39. The summed E-state index contributed by atoms with van der Waals surface area (Å²) in [5.74, 6) is -0.326. The van der Waals surface area contributed by atoms with Crippen molar-refractivity contribution in [2.45, 2.75) is 31.2 Å². The highest BCUT2D eigenvalue weighted by Gasteiger charge is 2.48. The topological polar surface area (TPSA) is 69.6 Å². The molecule has 5 nitrogen and oxygen atoms in total. The predicted octanol–water partition coefficient (Wildman–Crippen LogP) is 2.64. The summed E-state index contributed by atoms with van der Waals surface area (Å²) in [4.78, 5) is 1.79. The second kappa shape index (κ2) is 7.83. The Morgan fingerprint density at radius 3 is 2.24 bits per heavy atom. The first-order chi connectivity index (χ1) is 11.5. The summed E-state index contributed by atoms with van der Waals surface area (Å²) in [6.07, 6.45) is 0.914. The van der Waals surface area contributed by atoms with Crippen LogP contribution in [-0.2, 0) is 10.0 Å². The minimum absolute atomic E-state index is 0.326. The maximum Gasteiger partial charge on any atom is 0.511 e. The Morgan fingerprint density at radius 1 is 1.28 bits per heavy atom. The van der Waals surface area contributed by atoms with Gasteiger partial charge in [-0.15, -0.1) is 0 Å². The van der Waals surface area contributed by atoms with E-state index in [0.29, 0.717) is 36.5 Å². The summed E-state index contributed by atoms with van der Waals surface area (Å²) in [6, 6.07) is 5.05. The van der Waals surface area contributed by atoms with Gasteiger partial charge in [0.1, 0.15) is 0 Å². The molecule has 1 saturated heterocycles. The van der Waals surface area contributed by atoms with Crippen LogP contribution >= 0.6 is 11.6 Å². The first kappa shape index (κ1) is 20.5. The first-order valence-electron chi connectivity index (χ1n) is 7.77. The second-order valence-electron chi connectivity index (χ2n) is 6.10. The van der Waals surface area contributed by atoms with Crippen molar-refractivity contribution in [3.8, 4) is 0 Å². The SMILES string of the molecule is CB(O)N1CCC(C(NS(=O)(=O)C(F)(F)F)c2ccc(Cl)cc2)CC1. The molecule has 1 atom stereocenters. The number of sulfonamides is 1. The van der Waals surface area contributed by atoms with E-state index in [-0.39, 0.29) is 5.92 Å². The Bertz CT molecular complexity index is 678. The molecule has 0 amide bonds. The van der Waals surface area contributed by atoms with Crippen molar-refractivity contribution >= 4 is 28.7 Å². The van der Waals surface area contributed by atoms with Crippen LogP contribution < -0.4 is 4.72 Å². The zero-order valence-electron chi connectivity index (χ0n) is 13.5. The van der Waals surface area contributed by atoms with Gasteiger partial charge in [0.25, 0.3) is 0 Å². The van der Waals surface area contributed by atoms with Crippen LogP contribution in [0.1, 0.15) is 24.4 Å². The summed E-state index contributed by atoms with van der Waals surface area (Å²) in [5.41, 5.74) is -4.95. The van der Waals surface area contributed by atoms with Gasteiger partial charge >= 0.3 is 22.6 Å². The van der Waals surface area contributed by atoms with E-state index in [4.69, 9.17) is 11.6 Å². The fourth-order valence-electron chi connectivity index (χ4n) is 2.97. The lowest BCUT2D eigenvalue weighted by atomic mass is 9.78. The lowest BCUT2D eigenvalue weighted by molar-refractivity contribution is -0.0453. The van der Waals surface area contributed by atoms with E-state index < -0.39 is 28.6 Å². The highest BCUT2D eigenvalue weighted by Crippen LogP contribution is 2.34. The maximum atomic E-state index is 12.8. The number of rotatable bonds is 5. The lowest BCUT2D eigenvalue weighted by Crippen LogP contribution is -2.47. The van der Waals surface area contributed by atoms with Crippen LogP contribution in [0.15, 0.2) is 24.3 Å². The molecular weight excluding hydrogens is 379 g/mol. The fourth-order valence-corrected chi connectivity index (χ4v) is 3.89. The molecule has 11 heteroatoms. The zero-order valence-corrected chi connectivity index (χ0v) is 15.1. The molecule has 1 unspecified atom stereocenters. The van der Waals surface area contributed by atoms with Gasteiger partial charge in [-0.25, -0.2) is 8.42 Å². The normalized spacial score (nSPS) is 19.0. The van der Waals surface area contributed by atoms with Gasteiger partial charge in [0, 0.05) is 11.1 Å². The Labute approximate surface area is 150 Å². The number of hydrogen-bond acceptors (Lipinski definition) is 4. The van der Waals surface area contributed by atoms with Crippen molar-refractivity contribution < 1.29 is 26.6 Å². The third-order valence-corrected chi connectivity index (χ3v) is 5.82. The smallest absolute Gasteiger partial charge is 0.437 e. The highest BCUT2D eigenvalue weighted by atomic mass is 35.5. The number of piperidine rings is 1. The summed E-state index contributed by atoms with van der Waals surface area (Å²) >= 11 is 5.81. The van der Waals surface area contributed by atoms with E-state index in [1.807, 2.05) is 0 Å². The largest absolute Gasteiger partial charge is 0.511 e. The Balaban J connectivity index is 2.26. The number of nitrogens with one attached hydrogen (secondary N) is 1. The third kappa shape index (κ3) is 5.10. The van der Waals surface area contributed by atoms with Crippen molar-refractivity contribution in [1.82, 2.24) is 9.53 Å². The lowest BCUT2D eigenvalue weighted by Gasteiger charge is -2.37. The van der Waals surface area contributed by atoms with Gasteiger partial charge in [0.15, 0.2) is 0 Å². The van der Waals surface area contributed by atoms with Crippen molar-refractivity contribution in [1.29, 1.82) is 0 Å². The van der Waals surface area contributed by atoms with Gasteiger partial charge in [-0.05, 0) is 56.4 Å². The minimum Gasteiger partial charge on any atom is -0.437 e. The monoisotopic (exact) mass is 398 g/mol. The average Bonchev–Trinajstić information content (AvgIpc) is 2.52. The van der Waals surface area contributed by atoms with Crippen molar-refractivity contribution in [3.63, 3.8) is 0 Å². The maximum absolute atomic E-state index is 12.8. The summed E-state index contributed by atoms with van der Waals surface area (Å²) < 4.78 is 63.4. The van der Waals surface area contributed by atoms with Gasteiger partial charge in [-0.2, -0.15) is 17.9 Å². The summed E-state index contributed by atoms with van der Waals surface area (Å²) in [6.45, 7) is 2.56. The van der Waals surface area contributed by atoms with Crippen LogP contribution in [0, 0.1) is 5.92 Å². The highest BCUT2D eigenvalue weighted by molar-refractivity contribution is 7.90. The van der Waals surface area contributed by atoms with Crippen LogP contribution in [0.5, 0.6) is 0 Å². The molecule has 0 radical (unpaired) electrons. The van der Waals surface area contributed by atoms with Crippen LogP contribution in [0.3, 0.4) is 0 Å². The van der Waals surface area contributed by atoms with Gasteiger partial charge in [-0.3, -0.25) is 0 Å². The van der Waals surface area contributed by atoms with E-state index in [1.54, 1.807) is 16.4 Å². The van der Waals surface area contributed by atoms with Crippen LogP contribution in [0.2, 0.25) is 11.8 Å². The molecule has 1 aromatic rings. The quantitative estimate of drug-likeness (QED) is 0.748. The molecule has 1 aliphatic heterocycles. The number of hydrogen-bond donors (Lipinski definition) is 2. The van der Waals surface area contributed by atoms with Gasteiger partial charge in [0.05, 0.1) is 0 Å². The van der Waals surface area contributed by atoms with Crippen molar-refractivity contribution in [2.24, 2.45) is 5.92 Å². The predicted molar refractivity (Wildman–Crippen MR) is 90.4 cm³/mol. The van der Waals surface area contributed by atoms with Crippen LogP contribution in [0.25, 0.3) is 0 Å². The van der Waals surface area contributed by atoms with Gasteiger partial charge in [-0.1, -0.05) is 23.7 Å². The van der Waals surface area contributed by atoms with Crippen LogP contribution in [0.4, 0.5) is 13.2 Å². The molecule has 0 bridgehead atoms. The van der Waals surface area contributed by atoms with Crippen LogP contribution in [-0.4, -0.2) is 43.9 Å². The molecule has 1 aliphatic rings. The molecule has 25 heavy (non-hydrogen) atoms. The van der Waals surface area contributed by atoms with E-state index in [1.165, 1.54) is 24.3 Å². The second-order valence-corrected chi connectivity index (χ2v) is 8.24. The van der Waals surface area contributed by atoms with E-state index in [2.05, 4.69) is 0 Å². The molecule has 0 aliphatic carbocycles. The van der Waals surface area contributed by atoms with E-state index in [9.17, 15) is 26.6 Å². The molecule has 1 aromatic carbocycles. The van der Waals surface area contributed by atoms with Crippen molar-refractivity contribution in [3.05, 3.63) is 34.9 Å². The Morgan fingerprint density at radius 2 is 1.80 bits per heavy atom. The summed E-state index contributed by atoms with van der Waals surface area (Å²) in [5, 5.41) is 10.0. The fraction of sp³-hybridized carbons (Fsp3) is 0.571. The molecule has 0 spiro atoms. The molecule has 2 rings (SSSR count). The zero-order chi connectivity index (χ0) is 18.8. The number of nitrogens with zero attached hydrogens (tertiary/aromatic N) is 1. The number of benzene rings is 1. The van der Waals surface area contributed by atoms with Crippen molar-refractivity contribution in [2.75, 3.05) is 13.1 Å².